The van der Waals surface area contributed by atoms with Crippen molar-refractivity contribution < 1.29 is 14.4 Å². The second-order valence-electron chi connectivity index (χ2n) is 2.47. The third-order valence-corrected chi connectivity index (χ3v) is 1.61. The maximum absolute atomic E-state index is 10.7. The van der Waals surface area contributed by atoms with E-state index >= 15 is 0 Å². The molecule has 0 unspecified atom stereocenters. The molecule has 6 heteroatoms. The van der Waals surface area contributed by atoms with Crippen molar-refractivity contribution in [2.24, 2.45) is 0 Å². The Bertz CT molecular complexity index is 452. The molecule has 2 rings (SSSR count). The molecule has 0 saturated carbocycles. The van der Waals surface area contributed by atoms with Gasteiger partial charge in [-0.3, -0.25) is 9.97 Å². The van der Waals surface area contributed by atoms with Gasteiger partial charge in [0.1, 0.15) is 23.2 Å². The minimum absolute atomic E-state index is 0.0227. The van der Waals surface area contributed by atoms with E-state index < -0.39 is 5.97 Å². The van der Waals surface area contributed by atoms with Gasteiger partial charge in [-0.2, -0.15) is 0 Å². The van der Waals surface area contributed by atoms with Crippen molar-refractivity contribution in [2.75, 3.05) is 0 Å². The van der Waals surface area contributed by atoms with Crippen LogP contribution in [0.1, 0.15) is 10.4 Å². The Morgan fingerprint density at radius 3 is 2.93 bits per heavy atom. The van der Waals surface area contributed by atoms with Crippen LogP contribution in [-0.4, -0.2) is 26.2 Å². The molecule has 0 aliphatic rings. The van der Waals surface area contributed by atoms with Crippen LogP contribution in [0.15, 0.2) is 29.4 Å². The summed E-state index contributed by atoms with van der Waals surface area (Å²) in [5, 5.41) is 12.3. The summed E-state index contributed by atoms with van der Waals surface area (Å²) in [6.07, 6.45) is 5.43. The van der Waals surface area contributed by atoms with Crippen molar-refractivity contribution in [1.29, 1.82) is 0 Å². The maximum atomic E-state index is 10.7. The van der Waals surface area contributed by atoms with Crippen LogP contribution in [0.4, 0.5) is 0 Å². The lowest BCUT2D eigenvalue weighted by Crippen LogP contribution is -1.97. The second kappa shape index (κ2) is 3.25. The van der Waals surface area contributed by atoms with Gasteiger partial charge in [-0.25, -0.2) is 4.79 Å². The fraction of sp³-hybridized carbons (Fsp3) is 0. The zero-order valence-corrected chi connectivity index (χ0v) is 6.91. The van der Waals surface area contributed by atoms with Crippen LogP contribution in [0, 0.1) is 0 Å². The Kier molecular flexibility index (Phi) is 1.94. The predicted octanol–water partition coefficient (Wildman–Crippen LogP) is 0.830. The van der Waals surface area contributed by atoms with Gasteiger partial charge in [0.2, 0.25) is 0 Å². The number of carbonyl (C=O) groups is 1. The molecule has 0 amide bonds. The molecule has 0 bridgehead atoms. The Labute approximate surface area is 78.2 Å². The molecular formula is C8H5N3O3. The molecule has 0 atom stereocenters. The summed E-state index contributed by atoms with van der Waals surface area (Å²) in [6.45, 7) is 0. The molecule has 6 nitrogen and oxygen atoms in total. The normalized spacial score (nSPS) is 10.0. The molecule has 0 aliphatic heterocycles. The van der Waals surface area contributed by atoms with E-state index in [4.69, 9.17) is 5.11 Å². The molecule has 0 radical (unpaired) electrons. The number of aromatic nitrogens is 3. The first-order valence-electron chi connectivity index (χ1n) is 3.73. The van der Waals surface area contributed by atoms with E-state index in [-0.39, 0.29) is 11.3 Å². The fourth-order valence-electron chi connectivity index (χ4n) is 0.995. The number of rotatable bonds is 2. The van der Waals surface area contributed by atoms with E-state index in [1.54, 1.807) is 0 Å². The predicted molar refractivity (Wildman–Crippen MR) is 44.5 cm³/mol. The molecule has 0 fully saturated rings. The van der Waals surface area contributed by atoms with Crippen LogP contribution < -0.4 is 0 Å². The summed E-state index contributed by atoms with van der Waals surface area (Å²) < 4.78 is 4.56. The van der Waals surface area contributed by atoms with Crippen LogP contribution in [0.2, 0.25) is 0 Å². The topological polar surface area (TPSA) is 89.1 Å². The maximum Gasteiger partial charge on any atom is 0.341 e. The van der Waals surface area contributed by atoms with Crippen molar-refractivity contribution in [3.05, 3.63) is 30.4 Å². The number of aromatic carboxylic acids is 1. The summed E-state index contributed by atoms with van der Waals surface area (Å²) in [4.78, 5) is 18.4. The molecule has 2 aromatic rings. The second-order valence-corrected chi connectivity index (χ2v) is 2.47. The third-order valence-electron chi connectivity index (χ3n) is 1.61. The molecular weight excluding hydrogens is 186 g/mol. The zero-order valence-electron chi connectivity index (χ0n) is 6.91. The first-order valence-corrected chi connectivity index (χ1v) is 3.73. The van der Waals surface area contributed by atoms with Gasteiger partial charge >= 0.3 is 5.97 Å². The van der Waals surface area contributed by atoms with Gasteiger partial charge in [-0.1, -0.05) is 5.16 Å². The lowest BCUT2D eigenvalue weighted by Gasteiger charge is -1.93. The third kappa shape index (κ3) is 1.33. The number of nitrogens with zero attached hydrogens (tertiary/aromatic N) is 3. The van der Waals surface area contributed by atoms with Crippen molar-refractivity contribution in [1.82, 2.24) is 15.1 Å². The molecule has 0 aromatic carbocycles. The average molecular weight is 191 g/mol. The summed E-state index contributed by atoms with van der Waals surface area (Å²) >= 11 is 0. The fourth-order valence-corrected chi connectivity index (χ4v) is 0.995. The monoisotopic (exact) mass is 191 g/mol. The van der Waals surface area contributed by atoms with Gasteiger partial charge in [-0.15, -0.1) is 0 Å². The largest absolute Gasteiger partial charge is 0.477 e. The summed E-state index contributed by atoms with van der Waals surface area (Å²) in [5.74, 6) is -1.10. The summed E-state index contributed by atoms with van der Waals surface area (Å²) in [5.41, 5.74) is 0.537. The molecule has 0 saturated heterocycles. The van der Waals surface area contributed by atoms with Crippen molar-refractivity contribution in [3.8, 4) is 11.4 Å². The van der Waals surface area contributed by atoms with Crippen molar-refractivity contribution in [2.45, 2.75) is 0 Å². The van der Waals surface area contributed by atoms with Gasteiger partial charge in [0.05, 0.1) is 6.20 Å². The lowest BCUT2D eigenvalue weighted by atomic mass is 10.2. The molecule has 2 heterocycles. The highest BCUT2D eigenvalue weighted by Gasteiger charge is 2.17. The Hall–Kier alpha value is -2.24. The molecule has 14 heavy (non-hydrogen) atoms. The van der Waals surface area contributed by atoms with Gasteiger partial charge in [0.15, 0.2) is 0 Å². The van der Waals surface area contributed by atoms with Gasteiger partial charge in [-0.05, 0) is 0 Å². The van der Waals surface area contributed by atoms with Crippen LogP contribution in [0.25, 0.3) is 11.4 Å². The Morgan fingerprint density at radius 1 is 1.43 bits per heavy atom. The first-order chi connectivity index (χ1) is 6.79. The molecule has 1 N–H and O–H groups in total. The van der Waals surface area contributed by atoms with Gasteiger partial charge < -0.3 is 9.63 Å². The van der Waals surface area contributed by atoms with Gasteiger partial charge in [0.25, 0.3) is 0 Å². The number of carboxylic acids is 1. The summed E-state index contributed by atoms with van der Waals surface area (Å²) in [7, 11) is 0. The van der Waals surface area contributed by atoms with Crippen molar-refractivity contribution in [3.63, 3.8) is 0 Å². The zero-order chi connectivity index (χ0) is 9.97. The quantitative estimate of drug-likeness (QED) is 0.756. The smallest absolute Gasteiger partial charge is 0.341 e. The summed E-state index contributed by atoms with van der Waals surface area (Å²) in [6, 6.07) is 0. The SMILES string of the molecule is O=C(O)c1conc1-c1cnccn1. The standard InChI is InChI=1S/C8H5N3O3/c12-8(13)5-4-14-11-7(5)6-3-9-1-2-10-6/h1-4H,(H,12,13). The number of hydrogen-bond donors (Lipinski definition) is 1. The molecule has 0 spiro atoms. The Morgan fingerprint density at radius 2 is 2.29 bits per heavy atom. The minimum Gasteiger partial charge on any atom is -0.477 e. The van der Waals surface area contributed by atoms with E-state index in [0.29, 0.717) is 5.69 Å². The number of hydrogen-bond acceptors (Lipinski definition) is 5. The lowest BCUT2D eigenvalue weighted by molar-refractivity contribution is 0.0697. The molecule has 70 valence electrons. The van der Waals surface area contributed by atoms with Crippen LogP contribution in [0.5, 0.6) is 0 Å². The highest BCUT2D eigenvalue weighted by molar-refractivity contribution is 5.93. The van der Waals surface area contributed by atoms with E-state index in [0.717, 1.165) is 6.26 Å². The van der Waals surface area contributed by atoms with Crippen LogP contribution >= 0.6 is 0 Å². The first kappa shape index (κ1) is 8.36. The van der Waals surface area contributed by atoms with Crippen LogP contribution in [-0.2, 0) is 0 Å². The van der Waals surface area contributed by atoms with Crippen molar-refractivity contribution >= 4 is 5.97 Å². The van der Waals surface area contributed by atoms with Gasteiger partial charge in [0, 0.05) is 12.4 Å². The van der Waals surface area contributed by atoms with E-state index in [9.17, 15) is 4.79 Å². The number of carboxylic acid groups (broad SMARTS) is 1. The minimum atomic E-state index is -1.10. The molecule has 0 aliphatic carbocycles. The Balaban J connectivity index is 2.52. The highest BCUT2D eigenvalue weighted by atomic mass is 16.5. The van der Waals surface area contributed by atoms with E-state index in [1.165, 1.54) is 18.6 Å². The van der Waals surface area contributed by atoms with E-state index in [1.807, 2.05) is 0 Å². The highest BCUT2D eigenvalue weighted by Crippen LogP contribution is 2.18. The molecule has 2 aromatic heterocycles. The van der Waals surface area contributed by atoms with E-state index in [2.05, 4.69) is 19.6 Å². The average Bonchev–Trinajstić information content (AvgIpc) is 2.67. The van der Waals surface area contributed by atoms with Crippen LogP contribution in [0.3, 0.4) is 0 Å².